The molecule has 26 heavy (non-hydrogen) atoms. The van der Waals surface area contributed by atoms with Crippen molar-refractivity contribution in [3.05, 3.63) is 59.4 Å². The van der Waals surface area contributed by atoms with Crippen LogP contribution in [0.25, 0.3) is 22.4 Å². The highest BCUT2D eigenvalue weighted by molar-refractivity contribution is 6.06. The molecule has 0 saturated heterocycles. The Morgan fingerprint density at radius 3 is 2.58 bits per heavy atom. The van der Waals surface area contributed by atoms with E-state index in [1.54, 1.807) is 30.3 Å². The topological polar surface area (TPSA) is 109 Å². The maximum Gasteiger partial charge on any atom is 0.255 e. The molecular weight excluding hydrogens is 330 g/mol. The molecule has 128 valence electrons. The summed E-state index contributed by atoms with van der Waals surface area (Å²) < 4.78 is 0. The number of carbonyl (C=O) groups excluding carboxylic acids is 1. The summed E-state index contributed by atoms with van der Waals surface area (Å²) in [4.78, 5) is 21.6. The zero-order valence-electron chi connectivity index (χ0n) is 14.2. The van der Waals surface area contributed by atoms with Crippen molar-refractivity contribution in [2.75, 3.05) is 5.32 Å². The number of aromatic amines is 1. The van der Waals surface area contributed by atoms with Gasteiger partial charge in [-0.2, -0.15) is 5.21 Å². The smallest absolute Gasteiger partial charge is 0.255 e. The molecule has 0 unspecified atom stereocenters. The largest absolute Gasteiger partial charge is 0.322 e. The van der Waals surface area contributed by atoms with Gasteiger partial charge in [0.1, 0.15) is 0 Å². The van der Waals surface area contributed by atoms with Gasteiger partial charge in [-0.3, -0.25) is 4.79 Å². The van der Waals surface area contributed by atoms with Crippen molar-refractivity contribution in [2.45, 2.75) is 13.8 Å². The third kappa shape index (κ3) is 3.00. The van der Waals surface area contributed by atoms with E-state index in [9.17, 15) is 4.79 Å². The quantitative estimate of drug-likeness (QED) is 0.591. The molecule has 0 radical (unpaired) electrons. The number of anilines is 1. The lowest BCUT2D eigenvalue weighted by Crippen LogP contribution is -2.12. The van der Waals surface area contributed by atoms with Crippen molar-refractivity contribution in [3.8, 4) is 11.4 Å². The van der Waals surface area contributed by atoms with E-state index >= 15 is 0 Å². The Labute approximate surface area is 148 Å². The van der Waals surface area contributed by atoms with E-state index in [0.717, 1.165) is 22.5 Å². The van der Waals surface area contributed by atoms with Gasteiger partial charge in [0.15, 0.2) is 0 Å². The molecule has 1 amide bonds. The normalized spacial score (nSPS) is 10.8. The van der Waals surface area contributed by atoms with Crippen molar-refractivity contribution in [3.63, 3.8) is 0 Å². The molecule has 8 nitrogen and oxygen atoms in total. The number of fused-ring (bicyclic) bond motifs is 1. The second kappa shape index (κ2) is 6.32. The van der Waals surface area contributed by atoms with Gasteiger partial charge in [-0.05, 0) is 49.4 Å². The number of amides is 1. The van der Waals surface area contributed by atoms with Crippen LogP contribution in [0.4, 0.5) is 5.69 Å². The standard InChI is InChI=1S/C18H15N7O/c1-10-11(2)20-16-9-13(6-7-15(16)19-10)18(26)21-14-5-3-4-12(8-14)17-22-24-25-23-17/h3-9H,1-2H3,(H,21,26)(H,22,23,24,25). The molecule has 0 aliphatic carbocycles. The number of hydrogen-bond donors (Lipinski definition) is 2. The number of tetrazole rings is 1. The number of nitrogens with one attached hydrogen (secondary N) is 2. The zero-order valence-corrected chi connectivity index (χ0v) is 14.2. The minimum Gasteiger partial charge on any atom is -0.322 e. The van der Waals surface area contributed by atoms with Crippen molar-refractivity contribution in [1.82, 2.24) is 30.6 Å². The lowest BCUT2D eigenvalue weighted by Gasteiger charge is -2.08. The van der Waals surface area contributed by atoms with Gasteiger partial charge in [-0.1, -0.05) is 12.1 Å². The summed E-state index contributed by atoms with van der Waals surface area (Å²) in [5.74, 6) is 0.241. The molecule has 0 bridgehead atoms. The number of rotatable bonds is 3. The van der Waals surface area contributed by atoms with Crippen LogP contribution in [0.5, 0.6) is 0 Å². The predicted octanol–water partition coefficient (Wildman–Crippen LogP) is 2.68. The summed E-state index contributed by atoms with van der Waals surface area (Å²) in [6, 6.07) is 12.5. The van der Waals surface area contributed by atoms with Gasteiger partial charge in [-0.25, -0.2) is 9.97 Å². The SMILES string of the molecule is Cc1nc2ccc(C(=O)Nc3cccc(-c4nn[nH]n4)c3)cc2nc1C. The monoisotopic (exact) mass is 345 g/mol. The summed E-state index contributed by atoms with van der Waals surface area (Å²) in [7, 11) is 0. The second-order valence-corrected chi connectivity index (χ2v) is 5.87. The number of carbonyl (C=O) groups is 1. The summed E-state index contributed by atoms with van der Waals surface area (Å²) in [6.07, 6.45) is 0. The molecule has 0 spiro atoms. The maximum absolute atomic E-state index is 12.6. The highest BCUT2D eigenvalue weighted by atomic mass is 16.1. The van der Waals surface area contributed by atoms with Gasteiger partial charge < -0.3 is 5.32 Å². The second-order valence-electron chi connectivity index (χ2n) is 5.87. The molecule has 2 aromatic heterocycles. The minimum absolute atomic E-state index is 0.225. The van der Waals surface area contributed by atoms with Crippen LogP contribution in [0.15, 0.2) is 42.5 Å². The zero-order chi connectivity index (χ0) is 18.1. The first-order valence-corrected chi connectivity index (χ1v) is 8.00. The summed E-state index contributed by atoms with van der Waals surface area (Å²) in [5.41, 5.74) is 5.11. The Morgan fingerprint density at radius 2 is 1.81 bits per heavy atom. The van der Waals surface area contributed by atoms with E-state index < -0.39 is 0 Å². The number of aryl methyl sites for hydroxylation is 2. The van der Waals surface area contributed by atoms with Crippen molar-refractivity contribution < 1.29 is 4.79 Å². The van der Waals surface area contributed by atoms with Crippen LogP contribution < -0.4 is 5.32 Å². The molecule has 0 atom stereocenters. The summed E-state index contributed by atoms with van der Waals surface area (Å²) in [5, 5.41) is 16.7. The third-order valence-electron chi connectivity index (χ3n) is 4.06. The Hall–Kier alpha value is -3.68. The highest BCUT2D eigenvalue weighted by Crippen LogP contribution is 2.20. The molecule has 8 heteroatoms. The molecule has 0 fully saturated rings. The number of hydrogen-bond acceptors (Lipinski definition) is 6. The predicted molar refractivity (Wildman–Crippen MR) is 96.6 cm³/mol. The molecular formula is C18H15N7O. The Morgan fingerprint density at radius 1 is 1.00 bits per heavy atom. The molecule has 0 saturated carbocycles. The molecule has 2 aromatic carbocycles. The maximum atomic E-state index is 12.6. The summed E-state index contributed by atoms with van der Waals surface area (Å²) >= 11 is 0. The molecule has 2 N–H and O–H groups in total. The van der Waals surface area contributed by atoms with Crippen molar-refractivity contribution >= 4 is 22.6 Å². The van der Waals surface area contributed by atoms with Crippen LogP contribution in [0, 0.1) is 13.8 Å². The van der Waals surface area contributed by atoms with E-state index in [4.69, 9.17) is 0 Å². The van der Waals surface area contributed by atoms with Gasteiger partial charge in [0.2, 0.25) is 5.82 Å². The minimum atomic E-state index is -0.225. The molecule has 4 rings (SSSR count). The Bertz CT molecular complexity index is 1110. The fourth-order valence-electron chi connectivity index (χ4n) is 2.60. The first-order valence-electron chi connectivity index (χ1n) is 8.00. The van der Waals surface area contributed by atoms with Crippen molar-refractivity contribution in [2.24, 2.45) is 0 Å². The first-order chi connectivity index (χ1) is 12.6. The van der Waals surface area contributed by atoms with E-state index in [0.29, 0.717) is 22.6 Å². The van der Waals surface area contributed by atoms with Gasteiger partial charge in [-0.15, -0.1) is 10.2 Å². The van der Waals surface area contributed by atoms with Gasteiger partial charge in [0.05, 0.1) is 22.4 Å². The van der Waals surface area contributed by atoms with E-state index in [-0.39, 0.29) is 5.91 Å². The highest BCUT2D eigenvalue weighted by Gasteiger charge is 2.10. The van der Waals surface area contributed by atoms with Crippen LogP contribution in [-0.4, -0.2) is 36.5 Å². The Kier molecular flexibility index (Phi) is 3.85. The number of aromatic nitrogens is 6. The average molecular weight is 345 g/mol. The van der Waals surface area contributed by atoms with Crippen LogP contribution in [0.1, 0.15) is 21.7 Å². The molecule has 0 aliphatic heterocycles. The van der Waals surface area contributed by atoms with Gasteiger partial charge >= 0.3 is 0 Å². The number of nitrogens with zero attached hydrogens (tertiary/aromatic N) is 5. The number of H-pyrrole nitrogens is 1. The Balaban J connectivity index is 1.61. The third-order valence-corrected chi connectivity index (χ3v) is 4.06. The molecule has 2 heterocycles. The average Bonchev–Trinajstić information content (AvgIpc) is 3.17. The fraction of sp³-hybridized carbons (Fsp3) is 0.111. The molecule has 0 aliphatic rings. The van der Waals surface area contributed by atoms with E-state index in [1.807, 2.05) is 26.0 Å². The van der Waals surface area contributed by atoms with Crippen LogP contribution in [-0.2, 0) is 0 Å². The summed E-state index contributed by atoms with van der Waals surface area (Å²) in [6.45, 7) is 3.82. The van der Waals surface area contributed by atoms with Gasteiger partial charge in [0, 0.05) is 16.8 Å². The lowest BCUT2D eigenvalue weighted by molar-refractivity contribution is 0.102. The number of benzene rings is 2. The van der Waals surface area contributed by atoms with E-state index in [2.05, 4.69) is 35.9 Å². The molecule has 4 aromatic rings. The van der Waals surface area contributed by atoms with Crippen LogP contribution >= 0.6 is 0 Å². The van der Waals surface area contributed by atoms with Crippen LogP contribution in [0.3, 0.4) is 0 Å². The lowest BCUT2D eigenvalue weighted by atomic mass is 10.1. The van der Waals surface area contributed by atoms with E-state index in [1.165, 1.54) is 0 Å². The fourth-order valence-corrected chi connectivity index (χ4v) is 2.60. The van der Waals surface area contributed by atoms with Crippen molar-refractivity contribution in [1.29, 1.82) is 0 Å². The first kappa shape index (κ1) is 15.8. The van der Waals surface area contributed by atoms with Crippen LogP contribution in [0.2, 0.25) is 0 Å². The van der Waals surface area contributed by atoms with Gasteiger partial charge in [0.25, 0.3) is 5.91 Å².